The minimum absolute atomic E-state index is 0.140. The number of aliphatic hydroxyl groups is 1. The van der Waals surface area contributed by atoms with E-state index in [1.165, 1.54) is 11.1 Å². The number of hydrogen-bond acceptors (Lipinski definition) is 4. The Hall–Kier alpha value is -2.30. The number of hydrogen-bond donors (Lipinski definition) is 1. The summed E-state index contributed by atoms with van der Waals surface area (Å²) in [5.41, 5.74) is 3.68. The highest BCUT2D eigenvalue weighted by atomic mass is 16.5. The van der Waals surface area contributed by atoms with Gasteiger partial charge < -0.3 is 19.5 Å². The van der Waals surface area contributed by atoms with Gasteiger partial charge in [-0.2, -0.15) is 0 Å². The predicted molar refractivity (Wildman–Crippen MR) is 111 cm³/mol. The Labute approximate surface area is 171 Å². The third-order valence-corrected chi connectivity index (χ3v) is 7.59. The molecule has 0 amide bonds. The van der Waals surface area contributed by atoms with E-state index in [1.54, 1.807) is 0 Å². The van der Waals surface area contributed by atoms with Crippen molar-refractivity contribution in [2.45, 2.75) is 49.5 Å². The summed E-state index contributed by atoms with van der Waals surface area (Å²) in [5, 5.41) is 10.9. The van der Waals surface area contributed by atoms with Crippen LogP contribution in [0, 0.1) is 5.92 Å². The van der Waals surface area contributed by atoms with Crippen LogP contribution >= 0.6 is 0 Å². The lowest BCUT2D eigenvalue weighted by Gasteiger charge is -2.50. The molecule has 150 valence electrons. The maximum atomic E-state index is 10.9. The van der Waals surface area contributed by atoms with Gasteiger partial charge in [-0.3, -0.25) is 0 Å². The van der Waals surface area contributed by atoms with Gasteiger partial charge in [-0.15, -0.1) is 0 Å². The van der Waals surface area contributed by atoms with E-state index in [4.69, 9.17) is 9.47 Å². The van der Waals surface area contributed by atoms with Crippen LogP contribution in [0.25, 0.3) is 0 Å². The zero-order valence-electron chi connectivity index (χ0n) is 16.8. The molecule has 4 aliphatic rings. The Bertz CT molecular complexity index is 972. The zero-order valence-corrected chi connectivity index (χ0v) is 16.8. The summed E-state index contributed by atoms with van der Waals surface area (Å²) >= 11 is 0. The van der Waals surface area contributed by atoms with Crippen LogP contribution in [-0.2, 0) is 18.4 Å². The lowest BCUT2D eigenvalue weighted by Crippen LogP contribution is -2.58. The van der Waals surface area contributed by atoms with E-state index < -0.39 is 6.10 Å². The Balaban J connectivity index is 1.46. The van der Waals surface area contributed by atoms with Gasteiger partial charge >= 0.3 is 0 Å². The van der Waals surface area contributed by atoms with Gasteiger partial charge in [0.05, 0.1) is 0 Å². The minimum atomic E-state index is -0.573. The number of likely N-dealkylation sites (tertiary alicyclic amines) is 1. The molecule has 5 atom stereocenters. The molecule has 2 aliphatic carbocycles. The summed E-state index contributed by atoms with van der Waals surface area (Å²) in [6.07, 6.45) is 6.64. The maximum Gasteiger partial charge on any atom is 0.166 e. The number of nitrogens with zero attached hydrogens (tertiary/aromatic N) is 1. The monoisotopic (exact) mass is 389 g/mol. The molecule has 0 saturated carbocycles. The molecule has 4 heteroatoms. The number of rotatable bonds is 3. The fourth-order valence-electron chi connectivity index (χ4n) is 6.34. The summed E-state index contributed by atoms with van der Waals surface area (Å²) < 4.78 is 12.8. The summed E-state index contributed by atoms with van der Waals surface area (Å²) in [6, 6.07) is 15.0. The summed E-state index contributed by atoms with van der Waals surface area (Å²) in [6.45, 7) is 1.61. The van der Waals surface area contributed by atoms with E-state index in [9.17, 15) is 5.11 Å². The average Bonchev–Trinajstić information content (AvgIpc) is 3.06. The van der Waals surface area contributed by atoms with Crippen LogP contribution in [0.1, 0.15) is 29.5 Å². The summed E-state index contributed by atoms with van der Waals surface area (Å²) in [7, 11) is 2.25. The molecule has 29 heavy (non-hydrogen) atoms. The second-order valence-corrected chi connectivity index (χ2v) is 9.04. The first kappa shape index (κ1) is 17.5. The van der Waals surface area contributed by atoms with Crippen molar-refractivity contribution in [3.8, 4) is 11.5 Å². The molecule has 0 aromatic heterocycles. The lowest BCUT2D eigenvalue weighted by molar-refractivity contribution is -0.00929. The van der Waals surface area contributed by atoms with E-state index in [1.807, 2.05) is 24.3 Å². The normalized spacial score (nSPS) is 34.3. The first-order valence-electron chi connectivity index (χ1n) is 10.7. The van der Waals surface area contributed by atoms with Crippen molar-refractivity contribution in [1.82, 2.24) is 4.90 Å². The van der Waals surface area contributed by atoms with Crippen LogP contribution in [0.2, 0.25) is 0 Å². The highest BCUT2D eigenvalue weighted by molar-refractivity contribution is 5.62. The van der Waals surface area contributed by atoms with Gasteiger partial charge in [0, 0.05) is 22.9 Å². The molecule has 3 unspecified atom stereocenters. The van der Waals surface area contributed by atoms with Crippen LogP contribution in [0.5, 0.6) is 11.5 Å². The third kappa shape index (κ3) is 2.39. The molecule has 1 fully saturated rings. The summed E-state index contributed by atoms with van der Waals surface area (Å²) in [4.78, 5) is 2.51. The Morgan fingerprint density at radius 1 is 1.17 bits per heavy atom. The fraction of sp³-hybridized carbons (Fsp3) is 0.440. The standard InChI is InChI=1S/C25H27NO3/c1-26-13-5-12-25-18-9-10-20(27)24(25)29-23-21(28-15-16-6-3-2-4-7-16)11-8-17(22(23)25)14-19(18)26/h2-4,6-11,18-20,24,27H,5,12-15H2,1H3/t18?,19?,20-,24?,25-/m0/s1. The fourth-order valence-corrected chi connectivity index (χ4v) is 6.34. The van der Waals surface area contributed by atoms with Gasteiger partial charge in [-0.25, -0.2) is 0 Å². The second kappa shape index (κ2) is 6.35. The number of aliphatic hydroxyl groups excluding tert-OH is 1. The van der Waals surface area contributed by atoms with Crippen LogP contribution in [0.4, 0.5) is 0 Å². The van der Waals surface area contributed by atoms with E-state index in [0.717, 1.165) is 42.9 Å². The molecule has 2 bridgehead atoms. The van der Waals surface area contributed by atoms with Gasteiger partial charge in [0.25, 0.3) is 0 Å². The lowest BCUT2D eigenvalue weighted by atomic mass is 9.55. The van der Waals surface area contributed by atoms with Gasteiger partial charge in [0.15, 0.2) is 11.5 Å². The SMILES string of the molecule is CN1CCC[C@]23c4c5ccc(OCc6ccccc6)c4OC2[C@@H](O)C=CC3C1C5. The highest BCUT2D eigenvalue weighted by Gasteiger charge is 2.63. The van der Waals surface area contributed by atoms with Crippen LogP contribution < -0.4 is 9.47 Å². The third-order valence-electron chi connectivity index (χ3n) is 7.59. The van der Waals surface area contributed by atoms with Crippen molar-refractivity contribution in [1.29, 1.82) is 0 Å². The quantitative estimate of drug-likeness (QED) is 0.817. The van der Waals surface area contributed by atoms with Crippen LogP contribution in [-0.4, -0.2) is 41.8 Å². The van der Waals surface area contributed by atoms with Crippen molar-refractivity contribution in [2.24, 2.45) is 5.92 Å². The number of benzene rings is 2. The van der Waals surface area contributed by atoms with Gasteiger partial charge in [0.1, 0.15) is 18.8 Å². The van der Waals surface area contributed by atoms with E-state index in [0.29, 0.717) is 18.6 Å². The molecule has 2 heterocycles. The molecular formula is C25H27NO3. The smallest absolute Gasteiger partial charge is 0.166 e. The number of likely N-dealkylation sites (N-methyl/N-ethyl adjacent to an activating group) is 1. The van der Waals surface area contributed by atoms with Gasteiger partial charge in [-0.05, 0) is 50.0 Å². The zero-order chi connectivity index (χ0) is 19.6. The molecule has 1 saturated heterocycles. The van der Waals surface area contributed by atoms with Gasteiger partial charge in [-0.1, -0.05) is 48.6 Å². The molecule has 2 aromatic rings. The largest absolute Gasteiger partial charge is 0.485 e. The van der Waals surface area contributed by atoms with Crippen molar-refractivity contribution in [3.05, 3.63) is 71.3 Å². The van der Waals surface area contributed by atoms with E-state index in [2.05, 4.69) is 42.3 Å². The second-order valence-electron chi connectivity index (χ2n) is 9.04. The Kier molecular flexibility index (Phi) is 3.84. The molecule has 2 aliphatic heterocycles. The van der Waals surface area contributed by atoms with E-state index >= 15 is 0 Å². The highest BCUT2D eigenvalue weighted by Crippen LogP contribution is 2.62. The first-order chi connectivity index (χ1) is 14.2. The predicted octanol–water partition coefficient (Wildman–Crippen LogP) is 3.46. The average molecular weight is 389 g/mol. The molecule has 1 N–H and O–H groups in total. The Morgan fingerprint density at radius 2 is 2.03 bits per heavy atom. The topological polar surface area (TPSA) is 41.9 Å². The molecule has 6 rings (SSSR count). The molecule has 4 nitrogen and oxygen atoms in total. The molecular weight excluding hydrogens is 362 g/mol. The molecule has 2 aromatic carbocycles. The van der Waals surface area contributed by atoms with Crippen molar-refractivity contribution in [2.75, 3.05) is 13.6 Å². The van der Waals surface area contributed by atoms with Crippen LogP contribution in [0.3, 0.4) is 0 Å². The first-order valence-corrected chi connectivity index (χ1v) is 10.7. The Morgan fingerprint density at radius 3 is 2.90 bits per heavy atom. The van der Waals surface area contributed by atoms with Crippen LogP contribution in [0.15, 0.2) is 54.6 Å². The van der Waals surface area contributed by atoms with E-state index in [-0.39, 0.29) is 11.5 Å². The van der Waals surface area contributed by atoms with Crippen molar-refractivity contribution >= 4 is 0 Å². The van der Waals surface area contributed by atoms with Gasteiger partial charge in [0.2, 0.25) is 0 Å². The molecule has 0 radical (unpaired) electrons. The maximum absolute atomic E-state index is 10.9. The number of ether oxygens (including phenoxy) is 2. The minimum Gasteiger partial charge on any atom is -0.485 e. The van der Waals surface area contributed by atoms with Crippen molar-refractivity contribution in [3.63, 3.8) is 0 Å². The summed E-state index contributed by atoms with van der Waals surface area (Å²) in [5.74, 6) is 2.05. The molecule has 1 spiro atoms. The van der Waals surface area contributed by atoms with Crippen molar-refractivity contribution < 1.29 is 14.6 Å².